The molecule has 404 valence electrons. The molecule has 72 heavy (non-hydrogen) atoms. The van der Waals surface area contributed by atoms with Crippen molar-refractivity contribution < 1.29 is 28.6 Å². The number of hydrogen-bond acceptors (Lipinski definition) is 13. The Morgan fingerprint density at radius 3 is 2.46 bits per heavy atom. The minimum Gasteiger partial charge on any atom is -0.464 e. The Bertz CT molecular complexity index is 2450. The molecule has 6 atom stereocenters. The fraction of sp³-hybridized carbons (Fsp3) is 0.612. The second-order valence-corrected chi connectivity index (χ2v) is 20.9. The molecule has 16 nitrogen and oxygen atoms in total. The average molecular weight is 1130 g/mol. The molecular formula is C49H80N10O6S7. The van der Waals surface area contributed by atoms with Gasteiger partial charge in [0, 0.05) is 111 Å². The summed E-state index contributed by atoms with van der Waals surface area (Å²) in [6.07, 6.45) is 3.65. The Hall–Kier alpha value is -2.55. The molecule has 4 aromatic rings. The van der Waals surface area contributed by atoms with Crippen molar-refractivity contribution in [2.24, 2.45) is 5.41 Å². The number of hydrazine groups is 1. The second kappa shape index (κ2) is 27.0. The van der Waals surface area contributed by atoms with E-state index in [0.717, 1.165) is 108 Å². The van der Waals surface area contributed by atoms with Gasteiger partial charge < -0.3 is 38.8 Å². The number of nitrogens with zero attached hydrogens (tertiary/aromatic N) is 8. The van der Waals surface area contributed by atoms with Gasteiger partial charge in [0.05, 0.1) is 65.9 Å². The molecule has 2 N–H and O–H groups in total. The third-order valence-electron chi connectivity index (χ3n) is 14.3. The van der Waals surface area contributed by atoms with Crippen LogP contribution in [0.25, 0.3) is 33.4 Å². The lowest BCUT2D eigenvalue weighted by Crippen LogP contribution is -2.64. The van der Waals surface area contributed by atoms with Crippen LogP contribution in [0, 0.1) is 5.41 Å². The summed E-state index contributed by atoms with van der Waals surface area (Å²) in [6.45, 7) is 20.6. The molecule has 0 radical (unpaired) electrons. The maximum Gasteiger partial charge on any atom is 0.324 e. The zero-order valence-electron chi connectivity index (χ0n) is 43.0. The molecule has 0 unspecified atom stereocenters. The van der Waals surface area contributed by atoms with Crippen LogP contribution in [0.3, 0.4) is 0 Å². The number of thiazole rings is 1. The van der Waals surface area contributed by atoms with Crippen LogP contribution in [0.5, 0.6) is 0 Å². The number of benzene rings is 1. The fourth-order valence-electron chi connectivity index (χ4n) is 11.0. The number of morpholine rings is 1. The van der Waals surface area contributed by atoms with E-state index >= 15 is 0 Å². The number of hydrogen-bond donors (Lipinski definition) is 2. The third-order valence-corrected chi connectivity index (χ3v) is 15.2. The molecule has 23 heteroatoms. The molecule has 5 aliphatic heterocycles. The zero-order valence-corrected chi connectivity index (χ0v) is 49.8. The Kier molecular flexibility index (Phi) is 23.9. The van der Waals surface area contributed by atoms with Gasteiger partial charge in [-0.1, -0.05) is 19.9 Å². The van der Waals surface area contributed by atoms with E-state index in [0.29, 0.717) is 38.4 Å². The predicted molar refractivity (Wildman–Crippen MR) is 319 cm³/mol. The lowest BCUT2D eigenvalue weighted by molar-refractivity contribution is -0.155. The highest BCUT2D eigenvalue weighted by atomic mass is 32.1. The summed E-state index contributed by atoms with van der Waals surface area (Å²) in [5, 5.41) is 8.49. The van der Waals surface area contributed by atoms with Crippen LogP contribution < -0.4 is 15.6 Å². The number of ether oxygens (including phenoxy) is 3. The normalized spacial score (nSPS) is 24.0. The number of piperazine rings is 2. The molecule has 1 aromatic carbocycles. The van der Waals surface area contributed by atoms with E-state index < -0.39 is 23.5 Å². The van der Waals surface area contributed by atoms with E-state index in [1.807, 2.05) is 30.3 Å². The van der Waals surface area contributed by atoms with Crippen molar-refractivity contribution in [3.05, 3.63) is 52.1 Å². The summed E-state index contributed by atoms with van der Waals surface area (Å²) >= 11 is 1.48. The fourth-order valence-corrected chi connectivity index (χ4v) is 11.8. The number of urea groups is 1. The number of nitrogens with one attached hydrogen (secondary N) is 2. The van der Waals surface area contributed by atoms with E-state index in [9.17, 15) is 14.4 Å². The van der Waals surface area contributed by atoms with Crippen molar-refractivity contribution in [1.29, 1.82) is 0 Å². The molecular weight excluding hydrogens is 1050 g/mol. The highest BCUT2D eigenvalue weighted by Crippen LogP contribution is 2.43. The summed E-state index contributed by atoms with van der Waals surface area (Å²) in [5.74, 6) is -0.707. The number of rotatable bonds is 6. The van der Waals surface area contributed by atoms with Gasteiger partial charge in [-0.2, -0.15) is 81.0 Å². The molecule has 6 bridgehead atoms. The first-order valence-corrected chi connectivity index (χ1v) is 24.8. The molecule has 9 rings (SSSR count). The van der Waals surface area contributed by atoms with Gasteiger partial charge in [0.1, 0.15) is 12.1 Å². The Balaban J connectivity index is 0.00000228. The van der Waals surface area contributed by atoms with Crippen molar-refractivity contribution in [2.75, 3.05) is 84.7 Å². The van der Waals surface area contributed by atoms with Crippen LogP contribution in [0.2, 0.25) is 0 Å². The SMILES string of the molecule is CCn1c(-c2cc(N3CCN4CCOC[C@@H]4C3)cnc2[C@H](C)OC)c2c3cc(ccc31)-c1csc(n1)C[C@H](NC(=O)N1[C@@H](C)CN(C)C[C@@H]1C)C(=O)N1CCC[C@H](N1)C(=O)OCC(C)(C)C2.S.S.S.S.S.S. The highest BCUT2D eigenvalue weighted by molar-refractivity contribution is 7.60. The average Bonchev–Trinajstić information content (AvgIpc) is 3.90. The van der Waals surface area contributed by atoms with Crippen molar-refractivity contribution in [3.8, 4) is 22.5 Å². The molecule has 4 fully saturated rings. The van der Waals surface area contributed by atoms with Gasteiger partial charge >= 0.3 is 12.0 Å². The topological polar surface area (TPSA) is 150 Å². The molecule has 8 heterocycles. The van der Waals surface area contributed by atoms with Crippen LogP contribution in [0.15, 0.2) is 35.8 Å². The minimum absolute atomic E-state index is 0. The first kappa shape index (κ1) is 63.7. The van der Waals surface area contributed by atoms with Gasteiger partial charge in [-0.15, -0.1) is 11.3 Å². The number of methoxy groups -OCH3 is 1. The molecule has 0 spiro atoms. The van der Waals surface area contributed by atoms with Crippen LogP contribution >= 0.6 is 92.3 Å². The van der Waals surface area contributed by atoms with Gasteiger partial charge in [0.15, 0.2) is 0 Å². The standard InChI is InChI=1S/C49H68N10O6S.6H2S/c1-9-57-42-13-12-33-19-36(42)38(45(57)37-20-34(23-50-44(37)32(4)63-8)56-16-15-55-17-18-64-27-35(55)26-56)22-49(5,6)29-65-47(61)39-11-10-14-58(53-39)46(60)40(21-43-51-41(33)28-66-43)52-48(62)59-30(2)24-54(7)25-31(59)3;;;;;;/h12-13,19-20,23,28,30-32,35,39-40,53H,9-11,14-18,21-22,24-27,29H2,1-8H3,(H,52,62);6*1H2/t30-,31-,32-,35-,39-,40-;;;;;;/m0....../s1. The summed E-state index contributed by atoms with van der Waals surface area (Å²) in [6, 6.07) is 7.20. The number of carbonyl (C=O) groups excluding carboxylic acids is 3. The zero-order chi connectivity index (χ0) is 46.4. The van der Waals surface area contributed by atoms with E-state index in [1.54, 1.807) is 7.11 Å². The Labute approximate surface area is 472 Å². The number of aryl methyl sites for hydroxylation is 1. The van der Waals surface area contributed by atoms with Gasteiger partial charge in [0.25, 0.3) is 5.91 Å². The number of esters is 1. The van der Waals surface area contributed by atoms with E-state index in [4.69, 9.17) is 24.2 Å². The largest absolute Gasteiger partial charge is 0.464 e. The predicted octanol–water partition coefficient (Wildman–Crippen LogP) is 6.02. The highest BCUT2D eigenvalue weighted by Gasteiger charge is 2.39. The maximum atomic E-state index is 14.5. The third kappa shape index (κ3) is 13.3. The van der Waals surface area contributed by atoms with Crippen LogP contribution in [-0.4, -0.2) is 162 Å². The van der Waals surface area contributed by atoms with Crippen LogP contribution in [0.4, 0.5) is 10.5 Å². The van der Waals surface area contributed by atoms with Crippen LogP contribution in [-0.2, 0) is 43.2 Å². The van der Waals surface area contributed by atoms with Gasteiger partial charge in [0.2, 0.25) is 0 Å². The van der Waals surface area contributed by atoms with Crippen molar-refractivity contribution in [3.63, 3.8) is 0 Å². The molecule has 3 aromatic heterocycles. The number of anilines is 1. The maximum absolute atomic E-state index is 14.5. The molecule has 3 amide bonds. The lowest BCUT2D eigenvalue weighted by atomic mass is 9.84. The van der Waals surface area contributed by atoms with Crippen molar-refractivity contribution in [1.82, 2.24) is 45.0 Å². The Morgan fingerprint density at radius 2 is 1.75 bits per heavy atom. The Morgan fingerprint density at radius 1 is 1.01 bits per heavy atom. The van der Waals surface area contributed by atoms with E-state index in [1.165, 1.54) is 16.3 Å². The summed E-state index contributed by atoms with van der Waals surface area (Å²) in [7, 11) is 3.79. The number of fused-ring (bicyclic) bond motifs is 7. The van der Waals surface area contributed by atoms with Crippen LogP contribution in [0.1, 0.15) is 76.8 Å². The number of pyridine rings is 1. The van der Waals surface area contributed by atoms with Crippen molar-refractivity contribution >= 4 is 127 Å². The van der Waals surface area contributed by atoms with Crippen molar-refractivity contribution in [2.45, 2.75) is 110 Å². The monoisotopic (exact) mass is 1130 g/mol. The number of cyclic esters (lactones) is 1. The molecule has 0 aliphatic carbocycles. The summed E-state index contributed by atoms with van der Waals surface area (Å²) in [4.78, 5) is 62.0. The van der Waals surface area contributed by atoms with Gasteiger partial charge in [-0.25, -0.2) is 15.2 Å². The van der Waals surface area contributed by atoms with E-state index in [-0.39, 0.29) is 124 Å². The first-order chi connectivity index (χ1) is 31.7. The quantitative estimate of drug-likeness (QED) is 0.218. The van der Waals surface area contributed by atoms with Gasteiger partial charge in [-0.05, 0) is 77.8 Å². The summed E-state index contributed by atoms with van der Waals surface area (Å²) < 4.78 is 20.5. The molecule has 5 aliphatic rings. The second-order valence-electron chi connectivity index (χ2n) is 19.9. The van der Waals surface area contributed by atoms with E-state index in [2.05, 4.69) is 89.0 Å². The number of carbonyl (C=O) groups is 3. The molecule has 0 saturated carbocycles. The first-order valence-electron chi connectivity index (χ1n) is 23.9. The van der Waals surface area contributed by atoms with Gasteiger partial charge in [-0.3, -0.25) is 24.5 Å². The lowest BCUT2D eigenvalue weighted by Gasteiger charge is -2.44. The minimum atomic E-state index is -0.918. The number of aromatic nitrogens is 3. The number of amides is 3. The smallest absolute Gasteiger partial charge is 0.324 e. The summed E-state index contributed by atoms with van der Waals surface area (Å²) in [5.41, 5.74) is 10.7. The molecule has 4 saturated heterocycles. The number of likely N-dealkylation sites (N-methyl/N-ethyl adjacent to an activating group) is 1.